The van der Waals surface area contributed by atoms with Crippen molar-refractivity contribution >= 4 is 5.91 Å². The second-order valence-corrected chi connectivity index (χ2v) is 3.94. The first-order chi connectivity index (χ1) is 6.13. The highest BCUT2D eigenvalue weighted by Gasteiger charge is 2.24. The quantitative estimate of drug-likeness (QED) is 0.712. The maximum Gasteiger partial charge on any atom is 0.237 e. The van der Waals surface area contributed by atoms with E-state index in [0.717, 1.165) is 12.3 Å². The number of carbonyl (C=O) groups is 1. The molecule has 0 aliphatic heterocycles. The van der Waals surface area contributed by atoms with Gasteiger partial charge in [-0.3, -0.25) is 4.79 Å². The highest BCUT2D eigenvalue weighted by Crippen LogP contribution is 2.33. The predicted octanol–water partition coefficient (Wildman–Crippen LogP) is 1.45. The molecule has 0 saturated heterocycles. The Hall–Kier alpha value is -1.04. The molecular formula is C10H16N2O. The van der Waals surface area contributed by atoms with Crippen molar-refractivity contribution < 1.29 is 4.79 Å². The molecule has 1 N–H and O–H groups in total. The highest BCUT2D eigenvalue weighted by molar-refractivity contribution is 5.80. The van der Waals surface area contributed by atoms with Crippen LogP contribution in [0.25, 0.3) is 0 Å². The van der Waals surface area contributed by atoms with Gasteiger partial charge in [-0.15, -0.1) is 0 Å². The van der Waals surface area contributed by atoms with E-state index in [4.69, 9.17) is 5.26 Å². The maximum atomic E-state index is 11.3. The molecule has 1 amide bonds. The van der Waals surface area contributed by atoms with Gasteiger partial charge in [-0.05, 0) is 26.2 Å². The molecule has 0 aromatic carbocycles. The van der Waals surface area contributed by atoms with E-state index in [9.17, 15) is 4.79 Å². The third-order valence-corrected chi connectivity index (χ3v) is 2.36. The van der Waals surface area contributed by atoms with Crippen LogP contribution in [0.3, 0.4) is 0 Å². The second-order valence-electron chi connectivity index (χ2n) is 3.94. The van der Waals surface area contributed by atoms with Gasteiger partial charge in [0.2, 0.25) is 5.91 Å². The normalized spacial score (nSPS) is 20.1. The lowest BCUT2D eigenvalue weighted by Crippen LogP contribution is -2.36. The average molecular weight is 180 g/mol. The lowest BCUT2D eigenvalue weighted by atomic mass is 10.1. The lowest BCUT2D eigenvalue weighted by molar-refractivity contribution is -0.123. The number of nitrogens with one attached hydrogen (secondary N) is 1. The van der Waals surface area contributed by atoms with Crippen LogP contribution in [0.1, 0.15) is 33.1 Å². The van der Waals surface area contributed by atoms with Gasteiger partial charge in [0.05, 0.1) is 6.07 Å². The van der Waals surface area contributed by atoms with Crippen LogP contribution in [-0.4, -0.2) is 11.9 Å². The number of amides is 1. The number of carbonyl (C=O) groups excluding carboxylic acids is 1. The van der Waals surface area contributed by atoms with Gasteiger partial charge in [-0.1, -0.05) is 12.8 Å². The van der Waals surface area contributed by atoms with Crippen molar-refractivity contribution in [3.05, 3.63) is 0 Å². The Kier molecular flexibility index (Phi) is 3.30. The first-order valence-corrected chi connectivity index (χ1v) is 4.83. The van der Waals surface area contributed by atoms with E-state index in [-0.39, 0.29) is 11.9 Å². The fourth-order valence-electron chi connectivity index (χ4n) is 1.34. The largest absolute Gasteiger partial charge is 0.353 e. The van der Waals surface area contributed by atoms with Crippen LogP contribution in [0, 0.1) is 23.2 Å². The summed E-state index contributed by atoms with van der Waals surface area (Å²) in [5.74, 6) is 0.144. The first-order valence-electron chi connectivity index (χ1n) is 4.83. The van der Waals surface area contributed by atoms with Gasteiger partial charge < -0.3 is 5.32 Å². The lowest BCUT2D eigenvalue weighted by Gasteiger charge is -2.13. The number of nitrogens with zero attached hydrogens (tertiary/aromatic N) is 1. The summed E-state index contributed by atoms with van der Waals surface area (Å²) in [6, 6.07) is 2.15. The average Bonchev–Trinajstić information content (AvgIpc) is 2.86. The van der Waals surface area contributed by atoms with Gasteiger partial charge in [0.15, 0.2) is 0 Å². The van der Waals surface area contributed by atoms with Crippen LogP contribution in [0.5, 0.6) is 0 Å². The molecule has 0 aromatic rings. The predicted molar refractivity (Wildman–Crippen MR) is 49.7 cm³/mol. The summed E-state index contributed by atoms with van der Waals surface area (Å²) in [5.41, 5.74) is 0. The Morgan fingerprint density at radius 3 is 2.69 bits per heavy atom. The van der Waals surface area contributed by atoms with Crippen molar-refractivity contribution in [3.63, 3.8) is 0 Å². The standard InChI is InChI=1S/C10H16N2O/c1-7(6-11)10(13)12-8(2)5-9-3-4-9/h7-9H,3-5H2,1-2H3,(H,12,13). The van der Waals surface area contributed by atoms with E-state index in [1.807, 2.05) is 13.0 Å². The molecule has 0 bridgehead atoms. The molecule has 0 heterocycles. The molecular weight excluding hydrogens is 164 g/mol. The second kappa shape index (κ2) is 4.27. The number of hydrogen-bond acceptors (Lipinski definition) is 2. The van der Waals surface area contributed by atoms with E-state index in [1.54, 1.807) is 6.92 Å². The molecule has 2 atom stereocenters. The van der Waals surface area contributed by atoms with Crippen LogP contribution < -0.4 is 5.32 Å². The first kappa shape index (κ1) is 10.0. The molecule has 0 radical (unpaired) electrons. The van der Waals surface area contributed by atoms with Crippen LogP contribution in [0.2, 0.25) is 0 Å². The zero-order valence-corrected chi connectivity index (χ0v) is 8.21. The Morgan fingerprint density at radius 1 is 1.62 bits per heavy atom. The van der Waals surface area contributed by atoms with Crippen molar-refractivity contribution in [2.24, 2.45) is 11.8 Å². The van der Waals surface area contributed by atoms with E-state index < -0.39 is 5.92 Å². The molecule has 13 heavy (non-hydrogen) atoms. The molecule has 3 heteroatoms. The van der Waals surface area contributed by atoms with Crippen molar-refractivity contribution in [3.8, 4) is 6.07 Å². The Bertz CT molecular complexity index is 228. The molecule has 72 valence electrons. The summed E-state index contributed by atoms with van der Waals surface area (Å²) in [4.78, 5) is 11.3. The van der Waals surface area contributed by atoms with Gasteiger partial charge in [0.1, 0.15) is 5.92 Å². The molecule has 1 rings (SSSR count). The smallest absolute Gasteiger partial charge is 0.237 e. The van der Waals surface area contributed by atoms with Crippen molar-refractivity contribution in [2.75, 3.05) is 0 Å². The van der Waals surface area contributed by atoms with Crippen LogP contribution in [0.15, 0.2) is 0 Å². The minimum atomic E-state index is -0.526. The number of hydrogen-bond donors (Lipinski definition) is 1. The summed E-state index contributed by atoms with van der Waals surface area (Å²) in [5, 5.41) is 11.3. The Balaban J connectivity index is 2.22. The topological polar surface area (TPSA) is 52.9 Å². The fraction of sp³-hybridized carbons (Fsp3) is 0.800. The van der Waals surface area contributed by atoms with E-state index >= 15 is 0 Å². The van der Waals surface area contributed by atoms with E-state index in [1.165, 1.54) is 12.8 Å². The van der Waals surface area contributed by atoms with Crippen LogP contribution in [-0.2, 0) is 4.79 Å². The molecule has 2 unspecified atom stereocenters. The summed E-state index contributed by atoms with van der Waals surface area (Å²) in [6.07, 6.45) is 3.66. The van der Waals surface area contributed by atoms with Crippen LogP contribution >= 0.6 is 0 Å². The van der Waals surface area contributed by atoms with Gasteiger partial charge >= 0.3 is 0 Å². The molecule has 0 aromatic heterocycles. The van der Waals surface area contributed by atoms with E-state index in [0.29, 0.717) is 0 Å². The molecule has 1 fully saturated rings. The molecule has 3 nitrogen and oxygen atoms in total. The number of rotatable bonds is 4. The van der Waals surface area contributed by atoms with Gasteiger partial charge in [0, 0.05) is 6.04 Å². The zero-order chi connectivity index (χ0) is 9.84. The summed E-state index contributed by atoms with van der Waals surface area (Å²) >= 11 is 0. The van der Waals surface area contributed by atoms with Crippen LogP contribution in [0.4, 0.5) is 0 Å². The Labute approximate surface area is 79.1 Å². The van der Waals surface area contributed by atoms with Gasteiger partial charge in [0.25, 0.3) is 0 Å². The summed E-state index contributed by atoms with van der Waals surface area (Å²) in [6.45, 7) is 3.62. The van der Waals surface area contributed by atoms with E-state index in [2.05, 4.69) is 5.32 Å². The molecule has 1 aliphatic carbocycles. The van der Waals surface area contributed by atoms with Gasteiger partial charge in [-0.2, -0.15) is 5.26 Å². The minimum Gasteiger partial charge on any atom is -0.353 e. The maximum absolute atomic E-state index is 11.3. The van der Waals surface area contributed by atoms with Crippen molar-refractivity contribution in [1.82, 2.24) is 5.32 Å². The SMILES string of the molecule is CC(CC1CC1)NC(=O)C(C)C#N. The minimum absolute atomic E-state index is 0.143. The molecule has 1 saturated carbocycles. The summed E-state index contributed by atoms with van der Waals surface area (Å²) in [7, 11) is 0. The highest BCUT2D eigenvalue weighted by atomic mass is 16.1. The number of nitriles is 1. The third-order valence-electron chi connectivity index (χ3n) is 2.36. The van der Waals surface area contributed by atoms with Crippen molar-refractivity contribution in [2.45, 2.75) is 39.2 Å². The van der Waals surface area contributed by atoms with Crippen molar-refractivity contribution in [1.29, 1.82) is 5.26 Å². The monoisotopic (exact) mass is 180 g/mol. The fourth-order valence-corrected chi connectivity index (χ4v) is 1.34. The van der Waals surface area contributed by atoms with Gasteiger partial charge in [-0.25, -0.2) is 0 Å². The molecule has 0 spiro atoms. The zero-order valence-electron chi connectivity index (χ0n) is 8.21. The summed E-state index contributed by atoms with van der Waals surface area (Å²) < 4.78 is 0. The third kappa shape index (κ3) is 3.45. The molecule has 1 aliphatic rings. The Morgan fingerprint density at radius 2 is 2.23 bits per heavy atom.